The average Bonchev–Trinajstić information content (AvgIpc) is 3.21. The topological polar surface area (TPSA) is 85.3 Å². The van der Waals surface area contributed by atoms with Crippen LogP contribution < -0.4 is 0 Å². The first kappa shape index (κ1) is 15.6. The zero-order chi connectivity index (χ0) is 15.8. The fourth-order valence-electron chi connectivity index (χ4n) is 2.25. The van der Waals surface area contributed by atoms with Crippen molar-refractivity contribution in [2.24, 2.45) is 5.92 Å². The van der Waals surface area contributed by atoms with Gasteiger partial charge in [0.05, 0.1) is 4.90 Å². The van der Waals surface area contributed by atoms with Crippen LogP contribution in [0.2, 0.25) is 0 Å². The lowest BCUT2D eigenvalue weighted by molar-refractivity contribution is -0.124. The fraction of sp³-hybridized carbons (Fsp3) is 0.400. The van der Waals surface area contributed by atoms with E-state index in [0.717, 1.165) is 26.7 Å². The number of benzene rings is 1. The molecule has 1 aromatic rings. The molecule has 0 aliphatic heterocycles. The van der Waals surface area contributed by atoms with Gasteiger partial charge in [-0.2, -0.15) is 0 Å². The molecule has 0 amide bonds. The summed E-state index contributed by atoms with van der Waals surface area (Å²) in [6.45, 7) is 2.16. The Bertz CT molecular complexity index is 682. The molecule has 1 fully saturated rings. The smallest absolute Gasteiger partial charge is 0.195 e. The zero-order valence-electron chi connectivity index (χ0n) is 11.8. The van der Waals surface area contributed by atoms with Crippen LogP contribution in [0.1, 0.15) is 37.0 Å². The summed E-state index contributed by atoms with van der Waals surface area (Å²) < 4.78 is 24.6. The van der Waals surface area contributed by atoms with Crippen LogP contribution in [0.5, 0.6) is 0 Å². The maximum Gasteiger partial charge on any atom is 0.195 e. The molecule has 0 aromatic heterocycles. The summed E-state index contributed by atoms with van der Waals surface area (Å²) in [6, 6.07) is 5.43. The van der Waals surface area contributed by atoms with E-state index in [9.17, 15) is 22.8 Å². The third-order valence-electron chi connectivity index (χ3n) is 3.46. The summed E-state index contributed by atoms with van der Waals surface area (Å²) in [5, 5.41) is -1.68. The van der Waals surface area contributed by atoms with Crippen molar-refractivity contribution in [3.05, 3.63) is 29.8 Å². The normalized spacial score (nSPS) is 15.0. The summed E-state index contributed by atoms with van der Waals surface area (Å²) >= 11 is 0. The van der Waals surface area contributed by atoms with Gasteiger partial charge in [-0.1, -0.05) is 12.1 Å². The first-order valence-electron chi connectivity index (χ1n) is 6.64. The highest BCUT2D eigenvalue weighted by molar-refractivity contribution is 7.93. The van der Waals surface area contributed by atoms with Gasteiger partial charge in [0.25, 0.3) is 0 Å². The lowest BCUT2D eigenvalue weighted by atomic mass is 10.1. The zero-order valence-corrected chi connectivity index (χ0v) is 12.6. The molecule has 2 rings (SSSR count). The molecular weight excluding hydrogens is 292 g/mol. The quantitative estimate of drug-likeness (QED) is 0.588. The Morgan fingerprint density at radius 3 is 1.86 bits per heavy atom. The maximum absolute atomic E-state index is 12.3. The molecule has 1 saturated carbocycles. The minimum Gasteiger partial charge on any atom is -0.298 e. The van der Waals surface area contributed by atoms with Crippen molar-refractivity contribution in [1.82, 2.24) is 0 Å². The molecule has 0 radical (unpaired) electrons. The third-order valence-corrected chi connectivity index (χ3v) is 5.68. The monoisotopic (exact) mass is 308 g/mol. The number of Topliss-reactive ketones (excluding diaryl/α,β-unsaturated/α-hetero) is 3. The predicted octanol–water partition coefficient (Wildman–Crippen LogP) is 1.60. The molecule has 0 N–H and O–H groups in total. The van der Waals surface area contributed by atoms with Crippen molar-refractivity contribution >= 4 is 27.2 Å². The molecule has 0 spiro atoms. The molecule has 0 unspecified atom stereocenters. The van der Waals surface area contributed by atoms with Crippen molar-refractivity contribution in [2.45, 2.75) is 36.8 Å². The summed E-state index contributed by atoms with van der Waals surface area (Å²) in [7, 11) is -4.06. The first-order valence-corrected chi connectivity index (χ1v) is 8.19. The second-order valence-corrected chi connectivity index (χ2v) is 7.34. The highest BCUT2D eigenvalue weighted by Crippen LogP contribution is 2.32. The average molecular weight is 308 g/mol. The summed E-state index contributed by atoms with van der Waals surface area (Å²) in [5.74, 6) is -1.36. The Morgan fingerprint density at radius 2 is 1.48 bits per heavy atom. The Morgan fingerprint density at radius 1 is 1.00 bits per heavy atom. The molecule has 1 aromatic carbocycles. The van der Waals surface area contributed by atoms with Crippen LogP contribution in [0.4, 0.5) is 0 Å². The number of ketones is 3. The number of hydrogen-bond donors (Lipinski definition) is 0. The van der Waals surface area contributed by atoms with Crippen LogP contribution >= 0.6 is 0 Å². The largest absolute Gasteiger partial charge is 0.298 e. The van der Waals surface area contributed by atoms with Gasteiger partial charge in [-0.05, 0) is 38.8 Å². The molecule has 1 aliphatic carbocycles. The number of rotatable bonds is 6. The van der Waals surface area contributed by atoms with E-state index in [1.54, 1.807) is 0 Å². The first-order chi connectivity index (χ1) is 9.75. The number of sulfone groups is 1. The van der Waals surface area contributed by atoms with Crippen LogP contribution in [0, 0.1) is 5.92 Å². The lowest BCUT2D eigenvalue weighted by Gasteiger charge is -2.12. The van der Waals surface area contributed by atoms with Crippen molar-refractivity contribution in [2.75, 3.05) is 0 Å². The van der Waals surface area contributed by atoms with Crippen molar-refractivity contribution in [1.29, 1.82) is 0 Å². The summed E-state index contributed by atoms with van der Waals surface area (Å²) in [5.41, 5.74) is 0.457. The SMILES string of the molecule is CC(=O)C(C(C)=O)S(=O)(=O)c1ccc(C(=O)C2CC2)cc1. The molecule has 0 atom stereocenters. The number of carbonyl (C=O) groups is 3. The van der Waals surface area contributed by atoms with Gasteiger partial charge >= 0.3 is 0 Å². The number of carbonyl (C=O) groups excluding carboxylic acids is 3. The summed E-state index contributed by atoms with van der Waals surface area (Å²) in [4.78, 5) is 34.6. The molecule has 112 valence electrons. The van der Waals surface area contributed by atoms with Gasteiger partial charge < -0.3 is 0 Å². The Balaban J connectivity index is 2.34. The van der Waals surface area contributed by atoms with Gasteiger partial charge in [0.15, 0.2) is 32.4 Å². The van der Waals surface area contributed by atoms with Gasteiger partial charge in [-0.25, -0.2) is 8.42 Å². The van der Waals surface area contributed by atoms with Gasteiger partial charge in [0.2, 0.25) is 0 Å². The van der Waals surface area contributed by atoms with Crippen LogP contribution in [0.25, 0.3) is 0 Å². The maximum atomic E-state index is 12.3. The molecule has 21 heavy (non-hydrogen) atoms. The lowest BCUT2D eigenvalue weighted by Crippen LogP contribution is -2.35. The van der Waals surface area contributed by atoms with Crippen molar-refractivity contribution in [3.8, 4) is 0 Å². The predicted molar refractivity (Wildman–Crippen MR) is 75.8 cm³/mol. The van der Waals surface area contributed by atoms with E-state index < -0.39 is 26.7 Å². The standard InChI is InChI=1S/C15H16O5S/c1-9(16)15(10(2)17)21(19,20)13-7-5-12(6-8-13)14(18)11-3-4-11/h5-8,11,15H,3-4H2,1-2H3. The van der Waals surface area contributed by atoms with E-state index >= 15 is 0 Å². The third kappa shape index (κ3) is 3.10. The molecule has 5 nitrogen and oxygen atoms in total. The molecule has 6 heteroatoms. The van der Waals surface area contributed by atoms with E-state index in [1.807, 2.05) is 0 Å². The van der Waals surface area contributed by atoms with Crippen LogP contribution in [0.15, 0.2) is 29.2 Å². The van der Waals surface area contributed by atoms with Gasteiger partial charge in [-0.3, -0.25) is 14.4 Å². The van der Waals surface area contributed by atoms with E-state index in [0.29, 0.717) is 5.56 Å². The van der Waals surface area contributed by atoms with E-state index in [4.69, 9.17) is 0 Å². The number of hydrogen-bond acceptors (Lipinski definition) is 5. The molecule has 1 aliphatic rings. The molecule has 0 saturated heterocycles. The van der Waals surface area contributed by atoms with Crippen LogP contribution in [-0.2, 0) is 19.4 Å². The molecular formula is C15H16O5S. The second-order valence-electron chi connectivity index (χ2n) is 5.31. The highest BCUT2D eigenvalue weighted by atomic mass is 32.2. The van der Waals surface area contributed by atoms with Gasteiger partial charge in [0.1, 0.15) is 0 Å². The Labute approximate surface area is 123 Å². The minimum absolute atomic E-state index is 0.00799. The van der Waals surface area contributed by atoms with Gasteiger partial charge in [0, 0.05) is 11.5 Å². The second kappa shape index (κ2) is 5.52. The minimum atomic E-state index is -4.06. The molecule has 0 heterocycles. The highest BCUT2D eigenvalue weighted by Gasteiger charge is 2.36. The Hall–Kier alpha value is -1.82. The fourth-order valence-corrected chi connectivity index (χ4v) is 3.91. The van der Waals surface area contributed by atoms with E-state index in [1.165, 1.54) is 24.3 Å². The Kier molecular flexibility index (Phi) is 4.09. The van der Waals surface area contributed by atoms with Crippen LogP contribution in [0.3, 0.4) is 0 Å². The van der Waals surface area contributed by atoms with Crippen LogP contribution in [-0.4, -0.2) is 31.0 Å². The van der Waals surface area contributed by atoms with Crippen molar-refractivity contribution in [3.63, 3.8) is 0 Å². The summed E-state index contributed by atoms with van der Waals surface area (Å²) in [6.07, 6.45) is 1.74. The van der Waals surface area contributed by atoms with E-state index in [-0.39, 0.29) is 16.6 Å². The van der Waals surface area contributed by atoms with Crippen molar-refractivity contribution < 1.29 is 22.8 Å². The van der Waals surface area contributed by atoms with Gasteiger partial charge in [-0.15, -0.1) is 0 Å². The molecule has 0 bridgehead atoms. The van der Waals surface area contributed by atoms with E-state index in [2.05, 4.69) is 0 Å².